The van der Waals surface area contributed by atoms with E-state index < -0.39 is 0 Å². The summed E-state index contributed by atoms with van der Waals surface area (Å²) < 4.78 is 0. The van der Waals surface area contributed by atoms with Crippen molar-refractivity contribution in [1.29, 1.82) is 0 Å². The number of nitrogens with zero attached hydrogens (tertiary/aromatic N) is 1. The topological polar surface area (TPSA) is 12.9 Å². The number of thiazole rings is 1. The first-order valence-corrected chi connectivity index (χ1v) is 3.41. The van der Waals surface area contributed by atoms with E-state index >= 15 is 0 Å². The Morgan fingerprint density at radius 1 is 1.78 bits per heavy atom. The normalized spacial score (nSPS) is 8.56. The van der Waals surface area contributed by atoms with Crippen LogP contribution in [0, 0.1) is 6.92 Å². The molecule has 1 aromatic rings. The van der Waals surface area contributed by atoms with Gasteiger partial charge < -0.3 is 4.98 Å². The van der Waals surface area contributed by atoms with Crippen molar-refractivity contribution in [2.75, 3.05) is 0 Å². The summed E-state index contributed by atoms with van der Waals surface area (Å²) in [5, 5.41) is 1.18. The minimum absolute atomic E-state index is 0. The van der Waals surface area contributed by atoms with E-state index in [2.05, 4.69) is 18.8 Å². The summed E-state index contributed by atoms with van der Waals surface area (Å²) in [6.07, 6.45) is 2.84. The molecule has 0 aliphatic carbocycles. The first kappa shape index (κ1) is 9.60. The molecule has 0 aromatic carbocycles. The van der Waals surface area contributed by atoms with Gasteiger partial charge in [0.15, 0.2) is 0 Å². The molecule has 0 saturated heterocycles. The van der Waals surface area contributed by atoms with Crippen molar-refractivity contribution in [1.82, 2.24) is 4.98 Å². The third-order valence-corrected chi connectivity index (χ3v) is 1.90. The van der Waals surface area contributed by atoms with Crippen LogP contribution in [0.25, 0.3) is 0 Å². The number of aryl methyl sites for hydroxylation is 1. The second kappa shape index (κ2) is 4.42. The van der Waals surface area contributed by atoms with E-state index in [0.717, 1.165) is 11.3 Å². The van der Waals surface area contributed by atoms with Gasteiger partial charge in [0.05, 0.1) is 5.01 Å². The van der Waals surface area contributed by atoms with Crippen LogP contribution in [0.3, 0.4) is 0 Å². The molecule has 0 spiro atoms. The molecule has 0 aliphatic rings. The van der Waals surface area contributed by atoms with Crippen molar-refractivity contribution in [2.45, 2.75) is 13.3 Å². The molecule has 0 aliphatic heterocycles. The monoisotopic (exact) mass is 215 g/mol. The molecule has 0 atom stereocenters. The zero-order valence-corrected chi connectivity index (χ0v) is 9.08. The van der Waals surface area contributed by atoms with Crippen molar-refractivity contribution < 1.29 is 32.7 Å². The Bertz CT molecular complexity index is 173. The van der Waals surface area contributed by atoms with Gasteiger partial charge in [-0.1, -0.05) is 6.92 Å². The molecule has 0 bridgehead atoms. The minimum atomic E-state index is 0. The van der Waals surface area contributed by atoms with E-state index in [0.29, 0.717) is 0 Å². The predicted molar refractivity (Wildman–Crippen MR) is 36.0 cm³/mol. The molecular weight excluding hydrogens is 207 g/mol. The molecule has 0 N–H and O–H groups in total. The molecule has 1 heterocycles. The van der Waals surface area contributed by atoms with Crippen LogP contribution in [0.2, 0.25) is 0 Å². The van der Waals surface area contributed by atoms with Crippen molar-refractivity contribution >= 4 is 11.3 Å². The molecule has 0 amide bonds. The summed E-state index contributed by atoms with van der Waals surface area (Å²) in [6, 6.07) is 0. The van der Waals surface area contributed by atoms with Gasteiger partial charge in [-0.05, 0) is 6.42 Å². The third kappa shape index (κ3) is 2.79. The van der Waals surface area contributed by atoms with Gasteiger partial charge in [0.1, 0.15) is 0 Å². The molecule has 0 fully saturated rings. The fraction of sp³-hybridized carbons (Fsp3) is 0.333. The molecular formula is C6H8NSY+2. The maximum atomic E-state index is 4.09. The molecule has 0 unspecified atom stereocenters. The van der Waals surface area contributed by atoms with Crippen LogP contribution in [-0.4, -0.2) is 4.98 Å². The number of aromatic nitrogens is 1. The fourth-order valence-corrected chi connectivity index (χ4v) is 1.17. The second-order valence-corrected chi connectivity index (χ2v) is 2.77. The SMILES string of the molecule is [CH2-]c1cnc(CC)s1.[Y+3]. The van der Waals surface area contributed by atoms with E-state index in [-0.39, 0.29) is 32.7 Å². The van der Waals surface area contributed by atoms with Crippen LogP contribution in [0.1, 0.15) is 16.8 Å². The number of rotatable bonds is 1. The molecule has 44 valence electrons. The second-order valence-electron chi connectivity index (χ2n) is 1.57. The summed E-state index contributed by atoms with van der Waals surface area (Å²) in [6.45, 7) is 5.84. The van der Waals surface area contributed by atoms with Gasteiger partial charge in [0.2, 0.25) is 0 Å². The zero-order valence-electron chi connectivity index (χ0n) is 5.42. The Morgan fingerprint density at radius 2 is 2.44 bits per heavy atom. The average Bonchev–Trinajstić information content (AvgIpc) is 2.14. The van der Waals surface area contributed by atoms with E-state index in [1.165, 1.54) is 5.01 Å². The Kier molecular flexibility index (Phi) is 4.72. The van der Waals surface area contributed by atoms with Crippen molar-refractivity contribution in [3.05, 3.63) is 23.0 Å². The molecule has 1 nitrogen and oxygen atoms in total. The molecule has 1 rings (SSSR count). The molecule has 0 radical (unpaired) electrons. The Balaban J connectivity index is 0.000000640. The van der Waals surface area contributed by atoms with Crippen LogP contribution >= 0.6 is 11.3 Å². The maximum absolute atomic E-state index is 4.09. The average molecular weight is 215 g/mol. The van der Waals surface area contributed by atoms with Gasteiger partial charge in [-0.25, -0.2) is 6.92 Å². The standard InChI is InChI=1S/C6H8NS.Y/c1-3-6-7-4-5(2)8-6;/h4H,2-3H2,1H3;/q-1;+3. The predicted octanol–water partition coefficient (Wildman–Crippen LogP) is 1.89. The van der Waals surface area contributed by atoms with Gasteiger partial charge in [-0.15, -0.1) is 11.1 Å². The molecule has 0 saturated carbocycles. The summed E-state index contributed by atoms with van der Waals surface area (Å²) in [4.78, 5) is 5.15. The van der Waals surface area contributed by atoms with E-state index in [1.807, 2.05) is 6.20 Å². The first-order valence-electron chi connectivity index (χ1n) is 2.59. The smallest absolute Gasteiger partial charge is 0.345 e. The van der Waals surface area contributed by atoms with Crippen molar-refractivity contribution in [3.8, 4) is 0 Å². The van der Waals surface area contributed by atoms with Crippen LogP contribution in [0.4, 0.5) is 0 Å². The summed E-state index contributed by atoms with van der Waals surface area (Å²) in [5.74, 6) is 0. The van der Waals surface area contributed by atoms with Gasteiger partial charge in [0, 0.05) is 0 Å². The van der Waals surface area contributed by atoms with Crippen molar-refractivity contribution in [3.63, 3.8) is 0 Å². The van der Waals surface area contributed by atoms with Crippen LogP contribution in [-0.2, 0) is 39.1 Å². The Morgan fingerprint density at radius 3 is 2.67 bits per heavy atom. The minimum Gasteiger partial charge on any atom is -0.345 e. The van der Waals surface area contributed by atoms with E-state index in [1.54, 1.807) is 11.3 Å². The molecule has 3 heteroatoms. The summed E-state index contributed by atoms with van der Waals surface area (Å²) >= 11 is 1.67. The van der Waals surface area contributed by atoms with Crippen LogP contribution in [0.5, 0.6) is 0 Å². The largest absolute Gasteiger partial charge is 3.00 e. The van der Waals surface area contributed by atoms with Gasteiger partial charge in [0.25, 0.3) is 0 Å². The number of hydrogen-bond donors (Lipinski definition) is 0. The van der Waals surface area contributed by atoms with E-state index in [9.17, 15) is 0 Å². The zero-order chi connectivity index (χ0) is 5.98. The maximum Gasteiger partial charge on any atom is 3.00 e. The Hall–Kier alpha value is 0.604. The van der Waals surface area contributed by atoms with E-state index in [4.69, 9.17) is 0 Å². The van der Waals surface area contributed by atoms with Crippen LogP contribution < -0.4 is 0 Å². The molecule has 1 aromatic heterocycles. The fourth-order valence-electron chi connectivity index (χ4n) is 0.511. The summed E-state index contributed by atoms with van der Waals surface area (Å²) in [7, 11) is 0. The molecule has 9 heavy (non-hydrogen) atoms. The van der Waals surface area contributed by atoms with Crippen LogP contribution in [0.15, 0.2) is 6.20 Å². The third-order valence-electron chi connectivity index (χ3n) is 0.904. The first-order chi connectivity index (χ1) is 3.83. The van der Waals surface area contributed by atoms with Crippen molar-refractivity contribution in [2.24, 2.45) is 0 Å². The quantitative estimate of drug-likeness (QED) is 0.652. The van der Waals surface area contributed by atoms with Gasteiger partial charge in [-0.3, -0.25) is 0 Å². The van der Waals surface area contributed by atoms with Gasteiger partial charge >= 0.3 is 32.7 Å². The van der Waals surface area contributed by atoms with Gasteiger partial charge in [-0.2, -0.15) is 11.3 Å². The summed E-state index contributed by atoms with van der Waals surface area (Å²) in [5.41, 5.74) is 0. The Labute approximate surface area is 84.8 Å². The number of hydrogen-bond acceptors (Lipinski definition) is 2.